The third-order valence-electron chi connectivity index (χ3n) is 12.8. The number of oxazole rings is 1. The van der Waals surface area contributed by atoms with E-state index in [4.69, 9.17) is 9.15 Å². The molecule has 5 aromatic rings. The molecule has 17 heteroatoms. The van der Waals surface area contributed by atoms with Gasteiger partial charge in [-0.1, -0.05) is 18.9 Å². The Bertz CT molecular complexity index is 2470. The number of anilines is 1. The molecule has 2 saturated heterocycles. The van der Waals surface area contributed by atoms with Gasteiger partial charge in [-0.3, -0.25) is 43.4 Å². The van der Waals surface area contributed by atoms with E-state index in [1.165, 1.54) is 29.9 Å². The standard InChI is InChI=1S/C44H51F2N9O6/c1-52-37-19-27(9-13-35(37)55(44(52)59)36-14-15-38(56)50-42(36)58)3-2-18-60-32-22-53(23-32)21-28-7-11-31(12-8-28)54-24-33(39(51-54)40(45)46)48-41(57)34-25-61-43(49-34)29-16-17-47-30(20-29)10-6-26-4-5-26/h9,13,16-17,19-20,24-26,28,31-32,36,40H,2-8,10-12,14-15,18,21-23H2,1H3,(H,48,57)(H,50,56,58). The number of imidazole rings is 1. The van der Waals surface area contributed by atoms with Gasteiger partial charge in [0.05, 0.1) is 28.9 Å². The number of aromatic nitrogens is 6. The Kier molecular flexibility index (Phi) is 11.7. The van der Waals surface area contributed by atoms with E-state index in [2.05, 4.69) is 30.6 Å². The van der Waals surface area contributed by atoms with Crippen LogP contribution in [0.25, 0.3) is 22.5 Å². The lowest BCUT2D eigenvalue weighted by atomic mass is 9.85. The van der Waals surface area contributed by atoms with E-state index in [0.717, 1.165) is 93.7 Å². The van der Waals surface area contributed by atoms with Crippen molar-refractivity contribution >= 4 is 34.4 Å². The molecule has 2 saturated carbocycles. The number of amides is 3. The molecule has 2 aliphatic carbocycles. The number of ether oxygens (including phenoxy) is 1. The molecule has 4 fully saturated rings. The summed E-state index contributed by atoms with van der Waals surface area (Å²) in [6, 6.07) is 8.79. The van der Waals surface area contributed by atoms with Gasteiger partial charge >= 0.3 is 5.69 Å². The van der Waals surface area contributed by atoms with E-state index < -0.39 is 30.0 Å². The minimum atomic E-state index is -2.86. The highest BCUT2D eigenvalue weighted by molar-refractivity contribution is 6.03. The molecule has 0 bridgehead atoms. The van der Waals surface area contributed by atoms with Crippen LogP contribution in [-0.4, -0.2) is 83.8 Å². The topological polar surface area (TPSA) is 171 Å². The number of rotatable bonds is 16. The quantitative estimate of drug-likeness (QED) is 0.0867. The van der Waals surface area contributed by atoms with Crippen molar-refractivity contribution in [3.05, 3.63) is 82.1 Å². The van der Waals surface area contributed by atoms with Gasteiger partial charge < -0.3 is 14.5 Å². The summed E-state index contributed by atoms with van der Waals surface area (Å²) in [4.78, 5) is 61.6. The van der Waals surface area contributed by atoms with Gasteiger partial charge in [0.25, 0.3) is 12.3 Å². The Hall–Kier alpha value is -5.55. The maximum absolute atomic E-state index is 14.1. The summed E-state index contributed by atoms with van der Waals surface area (Å²) in [5.41, 5.74) is 3.37. The van der Waals surface area contributed by atoms with Crippen LogP contribution in [0.2, 0.25) is 0 Å². The monoisotopic (exact) mass is 839 g/mol. The molecule has 1 atom stereocenters. The number of nitrogens with zero attached hydrogens (tertiary/aromatic N) is 7. The van der Waals surface area contributed by atoms with Crippen LogP contribution in [0, 0.1) is 11.8 Å². The molecule has 1 aromatic carbocycles. The molecule has 4 aliphatic rings. The maximum Gasteiger partial charge on any atom is 0.329 e. The summed E-state index contributed by atoms with van der Waals surface area (Å²) in [5.74, 6) is 0.138. The number of carbonyl (C=O) groups excluding carboxylic acids is 3. The highest BCUT2D eigenvalue weighted by Crippen LogP contribution is 2.36. The molecular formula is C44H51F2N9O6. The molecule has 2 N–H and O–H groups in total. The average Bonchev–Trinajstić information content (AvgIpc) is 3.65. The van der Waals surface area contributed by atoms with Gasteiger partial charge in [-0.2, -0.15) is 5.10 Å². The zero-order chi connectivity index (χ0) is 42.2. The normalized spacial score (nSPS) is 21.3. The fourth-order valence-electron chi connectivity index (χ4n) is 9.11. The number of carbonyl (C=O) groups is 3. The summed E-state index contributed by atoms with van der Waals surface area (Å²) in [7, 11) is 1.70. The molecule has 61 heavy (non-hydrogen) atoms. The third kappa shape index (κ3) is 9.08. The number of likely N-dealkylation sites (tertiary alicyclic amines) is 1. The van der Waals surface area contributed by atoms with Crippen molar-refractivity contribution in [1.29, 1.82) is 0 Å². The van der Waals surface area contributed by atoms with Crippen molar-refractivity contribution in [2.45, 2.75) is 102 Å². The van der Waals surface area contributed by atoms with E-state index in [1.54, 1.807) is 28.6 Å². The van der Waals surface area contributed by atoms with Crippen molar-refractivity contribution in [1.82, 2.24) is 39.1 Å². The van der Waals surface area contributed by atoms with Crippen LogP contribution < -0.4 is 16.3 Å². The SMILES string of the molecule is Cn1c(=O)n(C2CCC(=O)NC2=O)c2ccc(CCCOC3CN(CC4CCC(n5cc(NC(=O)c6coc(-c7ccnc(CCC8CC8)c7)n6)c(C(F)F)n5)CC4)C3)cc21. The number of benzene rings is 1. The number of alkyl halides is 2. The number of piperidine rings is 1. The van der Waals surface area contributed by atoms with Crippen molar-refractivity contribution in [2.75, 3.05) is 31.6 Å². The van der Waals surface area contributed by atoms with Crippen LogP contribution >= 0.6 is 0 Å². The lowest BCUT2D eigenvalue weighted by Crippen LogP contribution is -2.53. The Morgan fingerprint density at radius 2 is 1.80 bits per heavy atom. The lowest BCUT2D eigenvalue weighted by Gasteiger charge is -2.42. The molecule has 1 unspecified atom stereocenters. The first-order chi connectivity index (χ1) is 29.6. The van der Waals surface area contributed by atoms with E-state index >= 15 is 0 Å². The second-order valence-electron chi connectivity index (χ2n) is 17.2. The Morgan fingerprint density at radius 1 is 1.00 bits per heavy atom. The second kappa shape index (κ2) is 17.4. The van der Waals surface area contributed by atoms with Crippen LogP contribution in [0.4, 0.5) is 14.5 Å². The summed E-state index contributed by atoms with van der Waals surface area (Å²) >= 11 is 0. The van der Waals surface area contributed by atoms with Crippen molar-refractivity contribution in [3.8, 4) is 11.5 Å². The van der Waals surface area contributed by atoms with Crippen molar-refractivity contribution in [2.24, 2.45) is 18.9 Å². The van der Waals surface area contributed by atoms with Gasteiger partial charge in [-0.15, -0.1) is 0 Å². The van der Waals surface area contributed by atoms with Gasteiger partial charge in [0.1, 0.15) is 12.3 Å². The predicted molar refractivity (Wildman–Crippen MR) is 220 cm³/mol. The first-order valence-corrected chi connectivity index (χ1v) is 21.5. The second-order valence-corrected chi connectivity index (χ2v) is 17.2. The van der Waals surface area contributed by atoms with Gasteiger partial charge in [-0.25, -0.2) is 18.6 Å². The number of nitrogens with one attached hydrogen (secondary N) is 2. The highest BCUT2D eigenvalue weighted by atomic mass is 19.3. The summed E-state index contributed by atoms with van der Waals surface area (Å²) in [6.07, 6.45) is 11.9. The summed E-state index contributed by atoms with van der Waals surface area (Å²) in [6.45, 7) is 3.34. The first kappa shape index (κ1) is 40.8. The van der Waals surface area contributed by atoms with E-state index in [9.17, 15) is 28.0 Å². The molecule has 4 aromatic heterocycles. The number of imide groups is 1. The van der Waals surface area contributed by atoms with E-state index in [0.29, 0.717) is 30.0 Å². The van der Waals surface area contributed by atoms with Crippen LogP contribution in [0.15, 0.2) is 58.2 Å². The number of hydrogen-bond donors (Lipinski definition) is 2. The van der Waals surface area contributed by atoms with Gasteiger partial charge in [0.2, 0.25) is 17.7 Å². The zero-order valence-corrected chi connectivity index (χ0v) is 34.2. The maximum atomic E-state index is 14.1. The van der Waals surface area contributed by atoms with Crippen LogP contribution in [0.5, 0.6) is 0 Å². The molecule has 0 radical (unpaired) electrons. The minimum absolute atomic E-state index is 0.0101. The number of fused-ring (bicyclic) bond motifs is 1. The third-order valence-corrected chi connectivity index (χ3v) is 12.8. The van der Waals surface area contributed by atoms with Gasteiger partial charge in [0, 0.05) is 63.4 Å². The number of halogens is 2. The van der Waals surface area contributed by atoms with Crippen LogP contribution in [-0.2, 0) is 34.2 Å². The Labute approximate surface area is 350 Å². The number of aryl methyl sites for hydroxylation is 3. The van der Waals surface area contributed by atoms with Crippen LogP contribution in [0.3, 0.4) is 0 Å². The van der Waals surface area contributed by atoms with Crippen LogP contribution in [0.1, 0.15) is 110 Å². The van der Waals surface area contributed by atoms with Crippen molar-refractivity contribution in [3.63, 3.8) is 0 Å². The van der Waals surface area contributed by atoms with Crippen molar-refractivity contribution < 1.29 is 32.3 Å². The smallest absolute Gasteiger partial charge is 0.329 e. The Morgan fingerprint density at radius 3 is 2.57 bits per heavy atom. The molecule has 2 aliphatic heterocycles. The zero-order valence-electron chi connectivity index (χ0n) is 34.2. The molecular weight excluding hydrogens is 789 g/mol. The van der Waals surface area contributed by atoms with E-state index in [1.807, 2.05) is 24.3 Å². The Balaban J connectivity index is 0.704. The summed E-state index contributed by atoms with van der Waals surface area (Å²) in [5, 5.41) is 9.18. The minimum Gasteiger partial charge on any atom is -0.444 e. The van der Waals surface area contributed by atoms with E-state index in [-0.39, 0.29) is 47.4 Å². The molecule has 322 valence electrons. The lowest BCUT2D eigenvalue weighted by molar-refractivity contribution is -0.135. The predicted octanol–water partition coefficient (Wildman–Crippen LogP) is 6.16. The largest absolute Gasteiger partial charge is 0.444 e. The molecule has 3 amide bonds. The fraction of sp³-hybridized carbons (Fsp3) is 0.523. The van der Waals surface area contributed by atoms with Gasteiger partial charge in [0.15, 0.2) is 11.4 Å². The average molecular weight is 840 g/mol. The van der Waals surface area contributed by atoms with Gasteiger partial charge in [-0.05, 0) is 99.5 Å². The molecule has 9 rings (SSSR count). The summed E-state index contributed by atoms with van der Waals surface area (Å²) < 4.78 is 44.7. The molecule has 6 heterocycles. The first-order valence-electron chi connectivity index (χ1n) is 21.5. The highest BCUT2D eigenvalue weighted by Gasteiger charge is 2.34. The number of hydrogen-bond acceptors (Lipinski definition) is 10. The number of pyridine rings is 1. The molecule has 15 nitrogen and oxygen atoms in total. The molecule has 0 spiro atoms. The fourth-order valence-corrected chi connectivity index (χ4v) is 9.11.